The van der Waals surface area contributed by atoms with E-state index in [0.29, 0.717) is 16.7 Å². The lowest BCUT2D eigenvalue weighted by Crippen LogP contribution is -2.29. The van der Waals surface area contributed by atoms with Gasteiger partial charge in [0.15, 0.2) is 0 Å². The summed E-state index contributed by atoms with van der Waals surface area (Å²) in [5, 5.41) is 0.609. The number of halogens is 2. The van der Waals surface area contributed by atoms with Gasteiger partial charge in [-0.1, -0.05) is 60.7 Å². The maximum Gasteiger partial charge on any atom is 0.301 e. The molecule has 6 heteroatoms. The first-order chi connectivity index (χ1) is 19.4. The van der Waals surface area contributed by atoms with Crippen molar-refractivity contribution in [2.75, 3.05) is 9.34 Å². The monoisotopic (exact) mass is 548 g/mol. The van der Waals surface area contributed by atoms with Crippen molar-refractivity contribution in [2.45, 2.75) is 13.8 Å². The molecule has 0 fully saturated rings. The molecule has 0 spiro atoms. The number of hydrogen-bond donors (Lipinski definition) is 0. The zero-order valence-corrected chi connectivity index (χ0v) is 23.0. The fourth-order valence-electron chi connectivity index (χ4n) is 5.27. The maximum absolute atomic E-state index is 15.9. The van der Waals surface area contributed by atoms with Crippen LogP contribution in [0.15, 0.2) is 139 Å². The van der Waals surface area contributed by atoms with E-state index in [1.54, 1.807) is 24.3 Å². The summed E-state index contributed by atoms with van der Waals surface area (Å²) in [6.07, 6.45) is 0. The van der Waals surface area contributed by atoms with E-state index < -0.39 is 7.44 Å². The predicted octanol–water partition coefficient (Wildman–Crippen LogP) is 9.40. The third kappa shape index (κ3) is 4.43. The fourth-order valence-corrected chi connectivity index (χ4v) is 8.52. The maximum atomic E-state index is 15.9. The van der Waals surface area contributed by atoms with Gasteiger partial charge < -0.3 is 0 Å². The van der Waals surface area contributed by atoms with Crippen LogP contribution in [0.5, 0.6) is 0 Å². The van der Waals surface area contributed by atoms with Gasteiger partial charge >= 0.3 is 7.44 Å². The Labute approximate surface area is 233 Å². The van der Waals surface area contributed by atoms with Crippen LogP contribution < -0.4 is 14.6 Å². The molecule has 0 radical (unpaired) electrons. The molecule has 0 amide bonds. The predicted molar refractivity (Wildman–Crippen MR) is 161 cm³/mol. The first-order valence-electron chi connectivity index (χ1n) is 13.0. The molecule has 0 unspecified atom stereocenters. The van der Waals surface area contributed by atoms with Gasteiger partial charge in [0, 0.05) is 22.8 Å². The van der Waals surface area contributed by atoms with Gasteiger partial charge in [-0.05, 0) is 103 Å². The highest BCUT2D eigenvalue weighted by molar-refractivity contribution is 7.75. The van der Waals surface area contributed by atoms with Crippen molar-refractivity contribution in [3.05, 3.63) is 150 Å². The van der Waals surface area contributed by atoms with E-state index >= 15 is 4.57 Å². The molecule has 0 saturated heterocycles. The van der Waals surface area contributed by atoms with Crippen LogP contribution in [0.3, 0.4) is 0 Å². The minimum absolute atomic E-state index is 0.371. The standard InChI is InChI=1S/C34H27F2N2OP/c1-24-25(2)38(33-19-15-31(36)16-20-33)40(39,37(24)32-17-13-30(35)14-18-32)34-22-28(26-9-5-3-6-10-26)21-29(23-34)27-11-7-4-8-12-27/h3-23H,1-2H3. The van der Waals surface area contributed by atoms with Gasteiger partial charge in [0.1, 0.15) is 11.6 Å². The Balaban J connectivity index is 1.65. The number of nitrogens with zero attached hydrogens (tertiary/aromatic N) is 2. The van der Waals surface area contributed by atoms with Crippen LogP contribution in [0, 0.1) is 11.6 Å². The molecule has 6 rings (SSSR count). The topological polar surface area (TPSA) is 23.6 Å². The van der Waals surface area contributed by atoms with Gasteiger partial charge in [-0.15, -0.1) is 0 Å². The molecule has 0 aliphatic carbocycles. The van der Waals surface area contributed by atoms with Crippen LogP contribution in [-0.4, -0.2) is 0 Å². The second kappa shape index (κ2) is 10.3. The number of rotatable bonds is 5. The lowest BCUT2D eigenvalue weighted by atomic mass is 9.99. The molecule has 3 nitrogen and oxygen atoms in total. The number of hydrogen-bond acceptors (Lipinski definition) is 1. The van der Waals surface area contributed by atoms with Crippen molar-refractivity contribution in [1.82, 2.24) is 0 Å². The minimum atomic E-state index is -3.68. The summed E-state index contributed by atoms with van der Waals surface area (Å²) in [6.45, 7) is 3.82. The van der Waals surface area contributed by atoms with Crippen molar-refractivity contribution in [3.63, 3.8) is 0 Å². The Kier molecular flexibility index (Phi) is 6.61. The lowest BCUT2D eigenvalue weighted by Gasteiger charge is -2.35. The van der Waals surface area contributed by atoms with Crippen molar-refractivity contribution >= 4 is 24.1 Å². The highest BCUT2D eigenvalue weighted by atomic mass is 31.2. The zero-order valence-electron chi connectivity index (χ0n) is 22.1. The Morgan fingerprint density at radius 3 is 1.25 bits per heavy atom. The van der Waals surface area contributed by atoms with Crippen LogP contribution in [-0.2, 0) is 4.57 Å². The van der Waals surface area contributed by atoms with Gasteiger partial charge in [0.2, 0.25) is 0 Å². The molecule has 5 aromatic carbocycles. The van der Waals surface area contributed by atoms with E-state index in [-0.39, 0.29) is 11.6 Å². The molecule has 40 heavy (non-hydrogen) atoms. The highest BCUT2D eigenvalue weighted by Crippen LogP contribution is 2.64. The van der Waals surface area contributed by atoms with Crippen LogP contribution in [0.4, 0.5) is 20.2 Å². The second-order valence-electron chi connectivity index (χ2n) is 9.79. The fraction of sp³-hybridized carbons (Fsp3) is 0.0588. The molecular weight excluding hydrogens is 521 g/mol. The van der Waals surface area contributed by atoms with Crippen LogP contribution in [0.2, 0.25) is 0 Å². The molecule has 0 saturated carbocycles. The van der Waals surface area contributed by atoms with E-state index in [2.05, 4.69) is 6.07 Å². The summed E-state index contributed by atoms with van der Waals surface area (Å²) >= 11 is 0. The average Bonchev–Trinajstić information content (AvgIpc) is 3.20. The minimum Gasteiger partial charge on any atom is -0.274 e. The average molecular weight is 549 g/mol. The molecule has 0 aromatic heterocycles. The van der Waals surface area contributed by atoms with Gasteiger partial charge in [0.05, 0.1) is 5.30 Å². The zero-order chi connectivity index (χ0) is 27.9. The van der Waals surface area contributed by atoms with E-state index in [1.165, 1.54) is 24.3 Å². The molecule has 5 aromatic rings. The van der Waals surface area contributed by atoms with Crippen LogP contribution in [0.1, 0.15) is 13.8 Å². The molecule has 1 aliphatic rings. The largest absolute Gasteiger partial charge is 0.301 e. The number of allylic oxidation sites excluding steroid dienone is 2. The molecule has 0 bridgehead atoms. The summed E-state index contributed by atoms with van der Waals surface area (Å²) in [5.41, 5.74) is 6.59. The molecule has 0 N–H and O–H groups in total. The van der Waals surface area contributed by atoms with E-state index in [9.17, 15) is 8.78 Å². The first-order valence-corrected chi connectivity index (χ1v) is 14.6. The van der Waals surface area contributed by atoms with Crippen molar-refractivity contribution in [1.29, 1.82) is 0 Å². The SMILES string of the molecule is CC1=C(C)N(c2ccc(F)cc2)P(=O)(c2cc(-c3ccccc3)cc(-c3ccccc3)c2)N1c1ccc(F)cc1. The van der Waals surface area contributed by atoms with Crippen LogP contribution >= 0.6 is 7.44 Å². The smallest absolute Gasteiger partial charge is 0.274 e. The van der Waals surface area contributed by atoms with Crippen molar-refractivity contribution in [2.24, 2.45) is 0 Å². The Morgan fingerprint density at radius 1 is 0.500 bits per heavy atom. The third-order valence-electron chi connectivity index (χ3n) is 7.31. The van der Waals surface area contributed by atoms with Gasteiger partial charge in [-0.25, -0.2) is 8.78 Å². The Hall–Kier alpha value is -4.47. The summed E-state index contributed by atoms with van der Waals surface area (Å²) in [5.74, 6) is -0.743. The quantitative estimate of drug-likeness (QED) is 0.205. The van der Waals surface area contributed by atoms with E-state index in [1.807, 2.05) is 96.0 Å². The molecule has 1 aliphatic heterocycles. The molecule has 198 valence electrons. The summed E-state index contributed by atoms with van der Waals surface area (Å²) in [7, 11) is -3.68. The van der Waals surface area contributed by atoms with Crippen molar-refractivity contribution in [3.8, 4) is 22.3 Å². The third-order valence-corrected chi connectivity index (χ3v) is 10.4. The molecule has 1 heterocycles. The highest BCUT2D eigenvalue weighted by Gasteiger charge is 2.48. The number of anilines is 2. The summed E-state index contributed by atoms with van der Waals surface area (Å²) < 4.78 is 47.4. The molecular formula is C34H27F2N2OP. The van der Waals surface area contributed by atoms with Crippen molar-refractivity contribution < 1.29 is 13.3 Å². The summed E-state index contributed by atoms with van der Waals surface area (Å²) in [4.78, 5) is 0. The first kappa shape index (κ1) is 25.8. The summed E-state index contributed by atoms with van der Waals surface area (Å²) in [6, 6.07) is 38.1. The second-order valence-corrected chi connectivity index (χ2v) is 12.2. The Bertz CT molecular complexity index is 1630. The van der Waals surface area contributed by atoms with E-state index in [4.69, 9.17) is 0 Å². The van der Waals surface area contributed by atoms with Gasteiger partial charge in [0.25, 0.3) is 0 Å². The molecule has 0 atom stereocenters. The van der Waals surface area contributed by atoms with Crippen LogP contribution in [0.25, 0.3) is 22.3 Å². The van der Waals surface area contributed by atoms with Gasteiger partial charge in [-0.3, -0.25) is 13.9 Å². The number of benzene rings is 5. The Morgan fingerprint density at radius 2 is 0.875 bits per heavy atom. The van der Waals surface area contributed by atoms with Gasteiger partial charge in [-0.2, -0.15) is 0 Å². The normalized spacial score (nSPS) is 14.6. The van der Waals surface area contributed by atoms with E-state index in [0.717, 1.165) is 33.6 Å². The lowest BCUT2D eigenvalue weighted by molar-refractivity contribution is 0.581.